The van der Waals surface area contributed by atoms with Crippen molar-refractivity contribution in [2.45, 2.75) is 51.5 Å². The number of hydrogen-bond donors (Lipinski definition) is 1. The van der Waals surface area contributed by atoms with E-state index >= 15 is 0 Å². The summed E-state index contributed by atoms with van der Waals surface area (Å²) in [6.45, 7) is 3.51. The van der Waals surface area contributed by atoms with Crippen molar-refractivity contribution in [2.75, 3.05) is 13.1 Å². The Kier molecular flexibility index (Phi) is 4.81. The van der Waals surface area contributed by atoms with Crippen molar-refractivity contribution >= 4 is 23.2 Å². The number of hydrogen-bond acceptors (Lipinski definition) is 3. The molecule has 1 aliphatic carbocycles. The number of rotatable bonds is 5. The molecule has 1 N–H and O–H groups in total. The summed E-state index contributed by atoms with van der Waals surface area (Å²) < 4.78 is 0. The predicted octanol–water partition coefficient (Wildman–Crippen LogP) is 2.83. The Balaban J connectivity index is 1.49. The Morgan fingerprint density at radius 1 is 1.41 bits per heavy atom. The molecule has 0 bridgehead atoms. The number of aryl methyl sites for hydroxylation is 1. The maximum Gasteiger partial charge on any atom is 0.252 e. The molecule has 1 aromatic rings. The Labute approximate surface area is 135 Å². The Morgan fingerprint density at radius 2 is 2.18 bits per heavy atom. The van der Waals surface area contributed by atoms with E-state index in [1.807, 2.05) is 11.4 Å². The number of nitrogens with one attached hydrogen (secondary N) is 1. The Morgan fingerprint density at radius 3 is 2.86 bits per heavy atom. The molecule has 2 fully saturated rings. The third-order valence-electron chi connectivity index (χ3n) is 4.82. The number of thiophene rings is 1. The summed E-state index contributed by atoms with van der Waals surface area (Å²) >= 11 is 1.63. The first-order valence-electron chi connectivity index (χ1n) is 8.32. The van der Waals surface area contributed by atoms with Crippen LogP contribution in [0.3, 0.4) is 0 Å². The van der Waals surface area contributed by atoms with Crippen molar-refractivity contribution in [2.24, 2.45) is 5.92 Å². The van der Waals surface area contributed by atoms with Gasteiger partial charge in [-0.05, 0) is 25.3 Å². The van der Waals surface area contributed by atoms with Gasteiger partial charge in [0, 0.05) is 41.7 Å². The second kappa shape index (κ2) is 6.82. The van der Waals surface area contributed by atoms with Crippen LogP contribution in [0.2, 0.25) is 0 Å². The zero-order valence-corrected chi connectivity index (χ0v) is 14.0. The molecule has 1 aromatic heterocycles. The number of likely N-dealkylation sites (tertiary alicyclic amines) is 1. The van der Waals surface area contributed by atoms with Gasteiger partial charge in [0.15, 0.2) is 0 Å². The molecular formula is C17H24N2O2S. The molecule has 1 atom stereocenters. The van der Waals surface area contributed by atoms with E-state index in [9.17, 15) is 9.59 Å². The third-order valence-corrected chi connectivity index (χ3v) is 5.90. The fourth-order valence-electron chi connectivity index (χ4n) is 3.54. The van der Waals surface area contributed by atoms with Crippen LogP contribution in [-0.4, -0.2) is 35.8 Å². The second-order valence-electron chi connectivity index (χ2n) is 6.42. The lowest BCUT2D eigenvalue weighted by molar-refractivity contribution is -0.129. The maximum absolute atomic E-state index is 12.1. The Hall–Kier alpha value is -1.36. The number of nitrogens with zero attached hydrogens (tertiary/aromatic N) is 1. The second-order valence-corrected chi connectivity index (χ2v) is 7.42. The van der Waals surface area contributed by atoms with E-state index in [2.05, 4.69) is 17.1 Å². The molecule has 1 saturated carbocycles. The van der Waals surface area contributed by atoms with Gasteiger partial charge in [-0.15, -0.1) is 11.3 Å². The lowest BCUT2D eigenvalue weighted by atomic mass is 10.1. The van der Waals surface area contributed by atoms with Gasteiger partial charge in [0.2, 0.25) is 5.91 Å². The lowest BCUT2D eigenvalue weighted by Gasteiger charge is -2.24. The van der Waals surface area contributed by atoms with Crippen LogP contribution in [0.25, 0.3) is 0 Å². The van der Waals surface area contributed by atoms with Crippen LogP contribution < -0.4 is 5.32 Å². The van der Waals surface area contributed by atoms with Crippen molar-refractivity contribution in [3.63, 3.8) is 0 Å². The summed E-state index contributed by atoms with van der Waals surface area (Å²) in [5.41, 5.74) is 0.749. The SMILES string of the molecule is CCc1cc(C(=O)NCC2CC(=O)N(C3CCCC3)C2)cs1. The first-order valence-corrected chi connectivity index (χ1v) is 9.20. The largest absolute Gasteiger partial charge is 0.352 e. The van der Waals surface area contributed by atoms with Crippen molar-refractivity contribution < 1.29 is 9.59 Å². The van der Waals surface area contributed by atoms with Gasteiger partial charge in [-0.1, -0.05) is 19.8 Å². The van der Waals surface area contributed by atoms with Gasteiger partial charge >= 0.3 is 0 Å². The summed E-state index contributed by atoms with van der Waals surface area (Å²) in [7, 11) is 0. The molecular weight excluding hydrogens is 296 g/mol. The zero-order chi connectivity index (χ0) is 15.5. The van der Waals surface area contributed by atoms with E-state index in [0.29, 0.717) is 19.0 Å². The summed E-state index contributed by atoms with van der Waals surface area (Å²) in [6, 6.07) is 2.42. The number of carbonyl (C=O) groups is 2. The molecule has 2 heterocycles. The summed E-state index contributed by atoms with van der Waals surface area (Å²) in [4.78, 5) is 27.6. The van der Waals surface area contributed by atoms with Crippen molar-refractivity contribution in [1.29, 1.82) is 0 Å². The topological polar surface area (TPSA) is 49.4 Å². The van der Waals surface area contributed by atoms with Crippen molar-refractivity contribution in [3.8, 4) is 0 Å². The molecule has 22 heavy (non-hydrogen) atoms. The third kappa shape index (κ3) is 3.35. The average Bonchev–Trinajstić information content (AvgIpc) is 3.24. The molecule has 0 spiro atoms. The molecule has 120 valence electrons. The van der Waals surface area contributed by atoms with Crippen LogP contribution in [0.4, 0.5) is 0 Å². The zero-order valence-electron chi connectivity index (χ0n) is 13.1. The number of carbonyl (C=O) groups excluding carboxylic acids is 2. The molecule has 0 aromatic carbocycles. The smallest absolute Gasteiger partial charge is 0.252 e. The highest BCUT2D eigenvalue weighted by atomic mass is 32.1. The van der Waals surface area contributed by atoms with Crippen molar-refractivity contribution in [1.82, 2.24) is 10.2 Å². The minimum atomic E-state index is -0.0114. The van der Waals surface area contributed by atoms with Crippen LogP contribution in [0.5, 0.6) is 0 Å². The molecule has 1 unspecified atom stereocenters. The summed E-state index contributed by atoms with van der Waals surface area (Å²) in [5, 5.41) is 4.91. The molecule has 0 radical (unpaired) electrons. The summed E-state index contributed by atoms with van der Waals surface area (Å²) in [5.74, 6) is 0.527. The predicted molar refractivity (Wildman–Crippen MR) is 88.1 cm³/mol. The fourth-order valence-corrected chi connectivity index (χ4v) is 4.35. The van der Waals surface area contributed by atoms with Crippen LogP contribution in [0.1, 0.15) is 54.3 Å². The van der Waals surface area contributed by atoms with Gasteiger partial charge in [-0.25, -0.2) is 0 Å². The minimum absolute atomic E-state index is 0.0114. The van der Waals surface area contributed by atoms with Crippen LogP contribution in [0.15, 0.2) is 11.4 Å². The molecule has 2 aliphatic rings. The van der Waals surface area contributed by atoms with E-state index < -0.39 is 0 Å². The molecule has 2 amide bonds. The quantitative estimate of drug-likeness (QED) is 0.907. The highest BCUT2D eigenvalue weighted by molar-refractivity contribution is 7.10. The lowest BCUT2D eigenvalue weighted by Crippen LogP contribution is -2.36. The van der Waals surface area contributed by atoms with Crippen LogP contribution in [-0.2, 0) is 11.2 Å². The van der Waals surface area contributed by atoms with Crippen molar-refractivity contribution in [3.05, 3.63) is 21.9 Å². The van der Waals surface area contributed by atoms with Gasteiger partial charge in [0.25, 0.3) is 5.91 Å². The van der Waals surface area contributed by atoms with Gasteiger partial charge < -0.3 is 10.2 Å². The highest BCUT2D eigenvalue weighted by Gasteiger charge is 2.35. The van der Waals surface area contributed by atoms with Crippen LogP contribution >= 0.6 is 11.3 Å². The van der Waals surface area contributed by atoms with Crippen LogP contribution in [0, 0.1) is 5.92 Å². The first kappa shape index (κ1) is 15.5. The molecule has 3 rings (SSSR count). The number of amides is 2. The van der Waals surface area contributed by atoms with Gasteiger partial charge in [-0.3, -0.25) is 9.59 Å². The van der Waals surface area contributed by atoms with Gasteiger partial charge in [0.05, 0.1) is 5.56 Å². The monoisotopic (exact) mass is 320 g/mol. The van der Waals surface area contributed by atoms with Gasteiger partial charge in [-0.2, -0.15) is 0 Å². The maximum atomic E-state index is 12.1. The first-order chi connectivity index (χ1) is 10.7. The molecule has 1 aliphatic heterocycles. The fraction of sp³-hybridized carbons (Fsp3) is 0.647. The van der Waals surface area contributed by atoms with Gasteiger partial charge in [0.1, 0.15) is 0 Å². The normalized spacial score (nSPS) is 22.5. The van der Waals surface area contributed by atoms with E-state index in [0.717, 1.165) is 31.4 Å². The standard InChI is InChI=1S/C17H24N2O2S/c1-2-15-8-13(11-22-15)17(21)18-9-12-7-16(20)19(10-12)14-5-3-4-6-14/h8,11-12,14H,2-7,9-10H2,1H3,(H,18,21). The van der Waals surface area contributed by atoms with E-state index in [-0.39, 0.29) is 17.7 Å². The average molecular weight is 320 g/mol. The Bertz CT molecular complexity index is 549. The molecule has 5 heteroatoms. The molecule has 4 nitrogen and oxygen atoms in total. The summed E-state index contributed by atoms with van der Waals surface area (Å²) in [6.07, 6.45) is 6.34. The minimum Gasteiger partial charge on any atom is -0.352 e. The van der Waals surface area contributed by atoms with E-state index in [1.54, 1.807) is 11.3 Å². The van der Waals surface area contributed by atoms with E-state index in [1.165, 1.54) is 17.7 Å². The highest BCUT2D eigenvalue weighted by Crippen LogP contribution is 2.29. The van der Waals surface area contributed by atoms with E-state index in [4.69, 9.17) is 0 Å². The molecule has 1 saturated heterocycles.